The molecule has 2 aromatic rings. The van der Waals surface area contributed by atoms with Crippen LogP contribution in [0.4, 0.5) is 0 Å². The van der Waals surface area contributed by atoms with Gasteiger partial charge >= 0.3 is 5.97 Å². The Labute approximate surface area is 117 Å². The fourth-order valence-electron chi connectivity index (χ4n) is 3.06. The first kappa shape index (κ1) is 13.1. The third-order valence-electron chi connectivity index (χ3n) is 4.30. The fraction of sp³-hybridized carbons (Fsp3) is 0.467. The SMILES string of the molecule is CC1OC(C)C(c2nc3ccc(C(=O)O)cc3[nH]2)C1C. The monoisotopic (exact) mass is 274 g/mol. The second-order valence-electron chi connectivity index (χ2n) is 5.59. The first-order chi connectivity index (χ1) is 9.47. The highest BCUT2D eigenvalue weighted by molar-refractivity contribution is 5.92. The van der Waals surface area contributed by atoms with Crippen LogP contribution in [0.25, 0.3) is 11.0 Å². The van der Waals surface area contributed by atoms with Crippen molar-refractivity contribution in [2.75, 3.05) is 0 Å². The van der Waals surface area contributed by atoms with Gasteiger partial charge in [0.15, 0.2) is 0 Å². The minimum Gasteiger partial charge on any atom is -0.478 e. The number of aromatic amines is 1. The van der Waals surface area contributed by atoms with Crippen LogP contribution in [-0.4, -0.2) is 33.3 Å². The first-order valence-electron chi connectivity index (χ1n) is 6.86. The summed E-state index contributed by atoms with van der Waals surface area (Å²) >= 11 is 0. The molecule has 4 atom stereocenters. The molecule has 1 fully saturated rings. The van der Waals surface area contributed by atoms with E-state index in [0.29, 0.717) is 5.92 Å². The predicted molar refractivity (Wildman–Crippen MR) is 75.0 cm³/mol. The van der Waals surface area contributed by atoms with Gasteiger partial charge in [0.25, 0.3) is 0 Å². The molecule has 20 heavy (non-hydrogen) atoms. The molecule has 0 bridgehead atoms. The molecule has 5 heteroatoms. The van der Waals surface area contributed by atoms with Gasteiger partial charge in [-0.25, -0.2) is 9.78 Å². The molecule has 4 unspecified atom stereocenters. The van der Waals surface area contributed by atoms with Crippen molar-refractivity contribution in [2.45, 2.75) is 38.9 Å². The van der Waals surface area contributed by atoms with E-state index in [1.807, 2.05) is 0 Å². The van der Waals surface area contributed by atoms with E-state index in [1.165, 1.54) is 0 Å². The number of fused-ring (bicyclic) bond motifs is 1. The summed E-state index contributed by atoms with van der Waals surface area (Å²) in [5.41, 5.74) is 1.83. The van der Waals surface area contributed by atoms with Crippen LogP contribution >= 0.6 is 0 Å². The number of nitrogens with zero attached hydrogens (tertiary/aromatic N) is 1. The van der Waals surface area contributed by atoms with E-state index in [4.69, 9.17) is 9.84 Å². The van der Waals surface area contributed by atoms with Gasteiger partial charge in [-0.15, -0.1) is 0 Å². The van der Waals surface area contributed by atoms with Crippen molar-refractivity contribution in [3.05, 3.63) is 29.6 Å². The van der Waals surface area contributed by atoms with Crippen LogP contribution in [0.5, 0.6) is 0 Å². The number of imidazole rings is 1. The van der Waals surface area contributed by atoms with Gasteiger partial charge in [-0.3, -0.25) is 0 Å². The lowest BCUT2D eigenvalue weighted by atomic mass is 9.89. The zero-order valence-corrected chi connectivity index (χ0v) is 11.8. The molecule has 0 amide bonds. The quantitative estimate of drug-likeness (QED) is 0.883. The largest absolute Gasteiger partial charge is 0.478 e. The third kappa shape index (κ3) is 1.98. The van der Waals surface area contributed by atoms with Gasteiger partial charge < -0.3 is 14.8 Å². The van der Waals surface area contributed by atoms with E-state index in [1.54, 1.807) is 18.2 Å². The number of carbonyl (C=O) groups is 1. The van der Waals surface area contributed by atoms with Gasteiger partial charge in [0.2, 0.25) is 0 Å². The Morgan fingerprint density at radius 3 is 2.65 bits per heavy atom. The van der Waals surface area contributed by atoms with Crippen LogP contribution in [0.15, 0.2) is 18.2 Å². The number of hydrogen-bond donors (Lipinski definition) is 2. The molecule has 1 aliphatic heterocycles. The van der Waals surface area contributed by atoms with E-state index in [2.05, 4.69) is 30.7 Å². The number of H-pyrrole nitrogens is 1. The summed E-state index contributed by atoms with van der Waals surface area (Å²) in [6, 6.07) is 4.95. The number of rotatable bonds is 2. The van der Waals surface area contributed by atoms with Crippen molar-refractivity contribution >= 4 is 17.0 Å². The maximum absolute atomic E-state index is 11.0. The average Bonchev–Trinajstić information content (AvgIpc) is 2.90. The molecule has 1 saturated heterocycles. The number of carboxylic acid groups (broad SMARTS) is 1. The predicted octanol–water partition coefficient (Wildman–Crippen LogP) is 2.79. The number of ether oxygens (including phenoxy) is 1. The van der Waals surface area contributed by atoms with E-state index in [9.17, 15) is 4.79 Å². The van der Waals surface area contributed by atoms with E-state index < -0.39 is 5.97 Å². The highest BCUT2D eigenvalue weighted by Gasteiger charge is 2.39. The lowest BCUT2D eigenvalue weighted by Crippen LogP contribution is -2.16. The molecule has 1 aromatic heterocycles. The lowest BCUT2D eigenvalue weighted by molar-refractivity contribution is 0.0553. The highest BCUT2D eigenvalue weighted by Crippen LogP contribution is 2.39. The van der Waals surface area contributed by atoms with Crippen molar-refractivity contribution in [3.8, 4) is 0 Å². The molecule has 0 spiro atoms. The number of benzene rings is 1. The van der Waals surface area contributed by atoms with E-state index in [0.717, 1.165) is 16.9 Å². The second-order valence-corrected chi connectivity index (χ2v) is 5.59. The van der Waals surface area contributed by atoms with Crippen molar-refractivity contribution in [3.63, 3.8) is 0 Å². The van der Waals surface area contributed by atoms with Crippen molar-refractivity contribution in [2.24, 2.45) is 5.92 Å². The summed E-state index contributed by atoms with van der Waals surface area (Å²) < 4.78 is 5.84. The van der Waals surface area contributed by atoms with Crippen LogP contribution in [0.3, 0.4) is 0 Å². The lowest BCUT2D eigenvalue weighted by Gasteiger charge is -2.15. The van der Waals surface area contributed by atoms with Gasteiger partial charge in [-0.05, 0) is 38.0 Å². The fourth-order valence-corrected chi connectivity index (χ4v) is 3.06. The number of aromatic carboxylic acids is 1. The third-order valence-corrected chi connectivity index (χ3v) is 4.30. The van der Waals surface area contributed by atoms with Gasteiger partial charge in [-0.2, -0.15) is 0 Å². The standard InChI is InChI=1S/C15H18N2O3/c1-7-8(2)20-9(3)13(7)14-16-11-5-4-10(15(18)19)6-12(11)17-14/h4-9,13H,1-3H3,(H,16,17)(H,18,19). The normalized spacial score (nSPS) is 29.9. The minimum atomic E-state index is -0.928. The van der Waals surface area contributed by atoms with Gasteiger partial charge in [0, 0.05) is 5.92 Å². The molecule has 0 aliphatic carbocycles. The van der Waals surface area contributed by atoms with Crippen LogP contribution in [0, 0.1) is 5.92 Å². The van der Waals surface area contributed by atoms with Crippen molar-refractivity contribution in [1.82, 2.24) is 9.97 Å². The zero-order chi connectivity index (χ0) is 14.4. The summed E-state index contributed by atoms with van der Waals surface area (Å²) in [6.45, 7) is 6.29. The molecule has 1 aromatic carbocycles. The molecular weight excluding hydrogens is 256 g/mol. The zero-order valence-electron chi connectivity index (χ0n) is 11.8. The van der Waals surface area contributed by atoms with Crippen LogP contribution < -0.4 is 0 Å². The minimum absolute atomic E-state index is 0.111. The Hall–Kier alpha value is -1.88. The number of nitrogens with one attached hydrogen (secondary N) is 1. The van der Waals surface area contributed by atoms with Gasteiger partial charge in [0.1, 0.15) is 5.82 Å². The number of hydrogen-bond acceptors (Lipinski definition) is 3. The van der Waals surface area contributed by atoms with Crippen LogP contribution in [0.1, 0.15) is 42.9 Å². The summed E-state index contributed by atoms with van der Waals surface area (Å²) in [6.07, 6.45) is 0.317. The van der Waals surface area contributed by atoms with E-state index >= 15 is 0 Å². The van der Waals surface area contributed by atoms with Gasteiger partial charge in [-0.1, -0.05) is 6.92 Å². The Bertz CT molecular complexity index is 664. The van der Waals surface area contributed by atoms with Crippen molar-refractivity contribution in [1.29, 1.82) is 0 Å². The summed E-state index contributed by atoms with van der Waals surface area (Å²) in [5.74, 6) is 0.546. The summed E-state index contributed by atoms with van der Waals surface area (Å²) in [4.78, 5) is 18.9. The number of carboxylic acids is 1. The Morgan fingerprint density at radius 2 is 2.05 bits per heavy atom. The molecular formula is C15H18N2O3. The topological polar surface area (TPSA) is 75.2 Å². The molecule has 3 rings (SSSR count). The molecule has 5 nitrogen and oxygen atoms in total. The molecule has 2 heterocycles. The molecule has 0 saturated carbocycles. The maximum atomic E-state index is 11.0. The second kappa shape index (κ2) is 4.59. The summed E-state index contributed by atoms with van der Waals surface area (Å²) in [5, 5.41) is 9.03. The Balaban J connectivity index is 2.03. The Morgan fingerprint density at radius 1 is 1.30 bits per heavy atom. The first-order valence-corrected chi connectivity index (χ1v) is 6.86. The molecule has 0 radical (unpaired) electrons. The number of aromatic nitrogens is 2. The van der Waals surface area contributed by atoms with E-state index in [-0.39, 0.29) is 23.7 Å². The van der Waals surface area contributed by atoms with Crippen LogP contribution in [-0.2, 0) is 4.74 Å². The molecule has 106 valence electrons. The van der Waals surface area contributed by atoms with Gasteiger partial charge in [0.05, 0.1) is 28.8 Å². The maximum Gasteiger partial charge on any atom is 0.335 e. The van der Waals surface area contributed by atoms with Crippen molar-refractivity contribution < 1.29 is 14.6 Å². The molecule has 2 N–H and O–H groups in total. The smallest absolute Gasteiger partial charge is 0.335 e. The average molecular weight is 274 g/mol. The molecule has 1 aliphatic rings. The van der Waals surface area contributed by atoms with Crippen LogP contribution in [0.2, 0.25) is 0 Å². The Kier molecular flexibility index (Phi) is 3.01. The summed E-state index contributed by atoms with van der Waals surface area (Å²) in [7, 11) is 0. The highest BCUT2D eigenvalue weighted by atomic mass is 16.5.